The molecule has 0 aliphatic rings. The highest BCUT2D eigenvalue weighted by Crippen LogP contribution is 2.45. The van der Waals surface area contributed by atoms with Crippen molar-refractivity contribution in [2.75, 3.05) is 39.6 Å². The fourth-order valence-electron chi connectivity index (χ4n) is 10.8. The first-order chi connectivity index (χ1) is 46.5. The van der Waals surface area contributed by atoms with Crippen LogP contribution in [0, 0.1) is 5.92 Å². The van der Waals surface area contributed by atoms with E-state index in [0.29, 0.717) is 25.7 Å². The Hall–Kier alpha value is -2.98. The minimum absolute atomic E-state index is 0.0783. The Bertz CT molecular complexity index is 2030. The molecule has 0 rings (SSSR count). The average molecular weight is 1400 g/mol. The van der Waals surface area contributed by atoms with E-state index in [4.69, 9.17) is 37.0 Å². The zero-order valence-electron chi connectivity index (χ0n) is 61.5. The third kappa shape index (κ3) is 69.5. The maximum absolute atomic E-state index is 13.1. The lowest BCUT2D eigenvalue weighted by Crippen LogP contribution is -2.30. The highest BCUT2D eigenvalue weighted by molar-refractivity contribution is 7.47. The molecule has 0 radical (unpaired) electrons. The van der Waals surface area contributed by atoms with Crippen molar-refractivity contribution in [1.82, 2.24) is 0 Å². The maximum atomic E-state index is 13.1. The molecule has 96 heavy (non-hydrogen) atoms. The molecule has 0 saturated heterocycles. The number of ether oxygens (including phenoxy) is 4. The van der Waals surface area contributed by atoms with Crippen LogP contribution in [0.2, 0.25) is 0 Å². The van der Waals surface area contributed by atoms with Crippen molar-refractivity contribution >= 4 is 39.5 Å². The first-order valence-corrected chi connectivity index (χ1v) is 41.8. The molecule has 17 nitrogen and oxygen atoms in total. The number of esters is 4. The highest BCUT2D eigenvalue weighted by atomic mass is 31.2. The molecule has 562 valence electrons. The number of phosphoric ester groups is 2. The van der Waals surface area contributed by atoms with Crippen molar-refractivity contribution in [3.63, 3.8) is 0 Å². The van der Waals surface area contributed by atoms with Crippen LogP contribution in [-0.4, -0.2) is 96.7 Å². The minimum atomic E-state index is -4.97. The van der Waals surface area contributed by atoms with Crippen LogP contribution >= 0.6 is 15.6 Å². The molecule has 0 saturated carbocycles. The van der Waals surface area contributed by atoms with Crippen LogP contribution in [0.3, 0.4) is 0 Å². The van der Waals surface area contributed by atoms with Gasteiger partial charge in [-0.25, -0.2) is 9.13 Å². The van der Waals surface area contributed by atoms with Gasteiger partial charge in [0.25, 0.3) is 0 Å². The Morgan fingerprint density at radius 1 is 0.323 bits per heavy atom. The number of carbonyl (C=O) groups is 4. The quantitative estimate of drug-likeness (QED) is 0.0169. The molecule has 0 heterocycles. The van der Waals surface area contributed by atoms with E-state index in [-0.39, 0.29) is 25.7 Å². The lowest BCUT2D eigenvalue weighted by molar-refractivity contribution is -0.161. The molecular weight excluding hydrogens is 1260 g/mol. The van der Waals surface area contributed by atoms with E-state index in [1.807, 2.05) is 0 Å². The first-order valence-electron chi connectivity index (χ1n) is 38.8. The summed E-state index contributed by atoms with van der Waals surface area (Å²) in [5.74, 6) is -1.42. The summed E-state index contributed by atoms with van der Waals surface area (Å²) in [7, 11) is -9.94. The summed E-state index contributed by atoms with van der Waals surface area (Å²) in [5, 5.41) is 10.6. The molecule has 0 aromatic heterocycles. The molecule has 0 fully saturated rings. The van der Waals surface area contributed by atoms with E-state index in [2.05, 4.69) is 83.2 Å². The largest absolute Gasteiger partial charge is 0.472 e. The van der Waals surface area contributed by atoms with E-state index in [0.717, 1.165) is 128 Å². The van der Waals surface area contributed by atoms with E-state index in [1.54, 1.807) is 0 Å². The third-order valence-corrected chi connectivity index (χ3v) is 18.7. The Morgan fingerprint density at radius 3 is 0.854 bits per heavy atom. The second-order valence-electron chi connectivity index (χ2n) is 26.8. The van der Waals surface area contributed by atoms with Crippen LogP contribution in [-0.2, 0) is 65.4 Å². The number of allylic oxidation sites excluding steroid dienone is 8. The van der Waals surface area contributed by atoms with Crippen LogP contribution in [0.1, 0.15) is 356 Å². The molecule has 5 atom stereocenters. The van der Waals surface area contributed by atoms with Gasteiger partial charge < -0.3 is 33.8 Å². The van der Waals surface area contributed by atoms with Gasteiger partial charge >= 0.3 is 39.5 Å². The van der Waals surface area contributed by atoms with Crippen LogP contribution in [0.5, 0.6) is 0 Å². The Balaban J connectivity index is 5.34. The monoisotopic (exact) mass is 1400 g/mol. The van der Waals surface area contributed by atoms with Gasteiger partial charge in [0, 0.05) is 25.7 Å². The molecule has 2 unspecified atom stereocenters. The van der Waals surface area contributed by atoms with Crippen LogP contribution < -0.4 is 0 Å². The van der Waals surface area contributed by atoms with Crippen molar-refractivity contribution in [2.45, 2.75) is 374 Å². The van der Waals surface area contributed by atoms with Gasteiger partial charge in [0.1, 0.15) is 19.3 Å². The number of aliphatic hydroxyl groups excluding tert-OH is 1. The SMILES string of the molecule is CCCCCC/C=C\C=C/CCCCCCCC(=O)OC[C@H](COP(=O)(O)OC[C@@H](O)COP(=O)(O)OC[C@@H](COC(=O)CCCCCCCCCCCCCCC)OC(=O)CCCCCCCCCCCCC(C)C)OC(=O)CCCCCCC/C=C\C=C/CCCCCC. The molecular formula is C77H142O17P2. The predicted molar refractivity (Wildman–Crippen MR) is 390 cm³/mol. The van der Waals surface area contributed by atoms with E-state index in [9.17, 15) is 43.2 Å². The number of phosphoric acid groups is 2. The molecule has 0 aromatic rings. The number of hydrogen-bond donors (Lipinski definition) is 3. The number of rotatable bonds is 73. The zero-order chi connectivity index (χ0) is 70.5. The zero-order valence-corrected chi connectivity index (χ0v) is 63.3. The normalized spacial score (nSPS) is 14.3. The van der Waals surface area contributed by atoms with Crippen LogP contribution in [0.15, 0.2) is 48.6 Å². The third-order valence-electron chi connectivity index (χ3n) is 16.8. The fourth-order valence-corrected chi connectivity index (χ4v) is 12.4. The summed E-state index contributed by atoms with van der Waals surface area (Å²) < 4.78 is 68.5. The highest BCUT2D eigenvalue weighted by Gasteiger charge is 2.30. The van der Waals surface area contributed by atoms with Crippen molar-refractivity contribution < 1.29 is 80.2 Å². The van der Waals surface area contributed by atoms with Crippen molar-refractivity contribution in [1.29, 1.82) is 0 Å². The van der Waals surface area contributed by atoms with Gasteiger partial charge in [-0.3, -0.25) is 37.3 Å². The predicted octanol–water partition coefficient (Wildman–Crippen LogP) is 22.0. The van der Waals surface area contributed by atoms with Gasteiger partial charge in [0.2, 0.25) is 0 Å². The van der Waals surface area contributed by atoms with Crippen LogP contribution in [0.25, 0.3) is 0 Å². The van der Waals surface area contributed by atoms with Gasteiger partial charge in [-0.15, -0.1) is 0 Å². The van der Waals surface area contributed by atoms with Gasteiger partial charge in [0.15, 0.2) is 12.2 Å². The van der Waals surface area contributed by atoms with Gasteiger partial charge in [0.05, 0.1) is 26.4 Å². The molecule has 0 spiro atoms. The lowest BCUT2D eigenvalue weighted by Gasteiger charge is -2.21. The summed E-state index contributed by atoms with van der Waals surface area (Å²) in [6.07, 6.45) is 63.9. The smallest absolute Gasteiger partial charge is 0.462 e. The molecule has 0 aliphatic carbocycles. The number of aliphatic hydroxyl groups is 1. The number of carbonyl (C=O) groups excluding carboxylic acids is 4. The van der Waals surface area contributed by atoms with E-state index < -0.39 is 97.5 Å². The topological polar surface area (TPSA) is 237 Å². The Kier molecular flexibility index (Phi) is 67.0. The number of unbranched alkanes of at least 4 members (excludes halogenated alkanes) is 39. The molecule has 0 bridgehead atoms. The Morgan fingerprint density at radius 2 is 0.562 bits per heavy atom. The molecule has 0 aliphatic heterocycles. The summed E-state index contributed by atoms with van der Waals surface area (Å²) in [5.41, 5.74) is 0. The molecule has 0 aromatic carbocycles. The van der Waals surface area contributed by atoms with Crippen molar-refractivity contribution in [2.24, 2.45) is 5.92 Å². The van der Waals surface area contributed by atoms with Gasteiger partial charge in [-0.05, 0) is 83.0 Å². The first kappa shape index (κ1) is 93.0. The average Bonchev–Trinajstić information content (AvgIpc) is 2.08. The molecule has 19 heteroatoms. The van der Waals surface area contributed by atoms with E-state index >= 15 is 0 Å². The minimum Gasteiger partial charge on any atom is -0.462 e. The van der Waals surface area contributed by atoms with Crippen LogP contribution in [0.4, 0.5) is 0 Å². The summed E-state index contributed by atoms with van der Waals surface area (Å²) in [6, 6.07) is 0. The van der Waals surface area contributed by atoms with E-state index in [1.165, 1.54) is 148 Å². The van der Waals surface area contributed by atoms with Crippen molar-refractivity contribution in [3.8, 4) is 0 Å². The molecule has 0 amide bonds. The standard InChI is InChI=1S/C77H142O17P2/c1-6-9-12-15-18-21-24-27-29-32-35-41-46-51-56-61-75(80)88-66-72(93-76(81)62-57-52-47-42-36-33-30-28-25-22-19-16-13-10-7-2)68-91-95(83,84)89-64-71(78)65-90-96(85,86)92-69-73(94-77(82)63-58-53-48-43-38-37-39-44-49-54-59-70(4)5)67-87-74(79)60-55-50-45-40-34-31-26-23-20-17-14-11-8-3/h21-22,24-25,27-30,70-73,78H,6-20,23,26,31-69H2,1-5H3,(H,83,84)(H,85,86)/b24-21-,25-22-,29-27-,30-28-/t71-,72-,73-/m1/s1. The lowest BCUT2D eigenvalue weighted by atomic mass is 10.0. The van der Waals surface area contributed by atoms with Gasteiger partial charge in [-0.1, -0.05) is 302 Å². The summed E-state index contributed by atoms with van der Waals surface area (Å²) in [6.45, 7) is 7.15. The van der Waals surface area contributed by atoms with Crippen molar-refractivity contribution in [3.05, 3.63) is 48.6 Å². The maximum Gasteiger partial charge on any atom is 0.472 e. The Labute approximate surface area is 585 Å². The summed E-state index contributed by atoms with van der Waals surface area (Å²) in [4.78, 5) is 72.8. The second-order valence-corrected chi connectivity index (χ2v) is 29.8. The fraction of sp³-hybridized carbons (Fsp3) is 0.844. The second kappa shape index (κ2) is 69.1. The number of hydrogen-bond acceptors (Lipinski definition) is 15. The molecule has 3 N–H and O–H groups in total. The van der Waals surface area contributed by atoms with Gasteiger partial charge in [-0.2, -0.15) is 0 Å². The summed E-state index contributed by atoms with van der Waals surface area (Å²) >= 11 is 0.